The van der Waals surface area contributed by atoms with Crippen LogP contribution < -0.4 is 0 Å². The number of aliphatic hydroxyl groups excluding tert-OH is 1. The van der Waals surface area contributed by atoms with Gasteiger partial charge in [-0.3, -0.25) is 0 Å². The second kappa shape index (κ2) is 8.07. The van der Waals surface area contributed by atoms with Gasteiger partial charge >= 0.3 is 5.97 Å². The predicted molar refractivity (Wildman–Crippen MR) is 144 cm³/mol. The zero-order valence-electron chi connectivity index (χ0n) is 23.8. The van der Waals surface area contributed by atoms with E-state index in [0.717, 1.165) is 41.8 Å². The summed E-state index contributed by atoms with van der Waals surface area (Å²) in [5.74, 6) is -1.31. The van der Waals surface area contributed by atoms with Gasteiger partial charge in [0.15, 0.2) is 5.79 Å². The summed E-state index contributed by atoms with van der Waals surface area (Å²) < 4.78 is 19.9. The maximum atomic E-state index is 13.3. The van der Waals surface area contributed by atoms with Crippen molar-refractivity contribution in [1.82, 2.24) is 9.88 Å². The highest BCUT2D eigenvalue weighted by Gasteiger charge is 2.79. The zero-order chi connectivity index (χ0) is 27.6. The summed E-state index contributed by atoms with van der Waals surface area (Å²) in [7, 11) is 2.10. The number of fused-ring (bicyclic) bond motifs is 1. The molecule has 2 saturated carbocycles. The van der Waals surface area contributed by atoms with Crippen molar-refractivity contribution in [3.8, 4) is 0 Å². The number of nitrogens with zero attached hydrogens (tertiary/aromatic N) is 1. The highest BCUT2D eigenvalue weighted by atomic mass is 16.7. The smallest absolute Gasteiger partial charge is 0.340 e. The van der Waals surface area contributed by atoms with E-state index in [1.165, 1.54) is 0 Å². The molecule has 8 nitrogen and oxygen atoms in total. The van der Waals surface area contributed by atoms with Gasteiger partial charge in [0.2, 0.25) is 0 Å². The molecular formula is C31H42N2O6. The Hall–Kier alpha value is -1.97. The van der Waals surface area contributed by atoms with Gasteiger partial charge in [-0.25, -0.2) is 4.79 Å². The minimum absolute atomic E-state index is 0.252. The number of carbonyl (C=O) groups is 1. The number of esters is 1. The molecule has 3 aliphatic heterocycles. The molecule has 1 unspecified atom stereocenters. The Morgan fingerprint density at radius 2 is 2.05 bits per heavy atom. The van der Waals surface area contributed by atoms with Crippen LogP contribution in [0.3, 0.4) is 0 Å². The van der Waals surface area contributed by atoms with E-state index in [-0.39, 0.29) is 17.3 Å². The number of hydrogen-bond acceptors (Lipinski definition) is 7. The number of aryl methyl sites for hydroxylation is 2. The van der Waals surface area contributed by atoms with Crippen LogP contribution in [-0.2, 0) is 14.2 Å². The number of nitrogens with one attached hydrogen (secondary N) is 1. The second-order valence-corrected chi connectivity index (χ2v) is 13.6. The highest BCUT2D eigenvalue weighted by molar-refractivity contribution is 5.92. The van der Waals surface area contributed by atoms with Crippen molar-refractivity contribution in [2.75, 3.05) is 26.7 Å². The van der Waals surface area contributed by atoms with Gasteiger partial charge in [-0.15, -0.1) is 0 Å². The van der Waals surface area contributed by atoms with Gasteiger partial charge in [-0.1, -0.05) is 19.1 Å². The van der Waals surface area contributed by atoms with Crippen LogP contribution in [-0.4, -0.2) is 82.0 Å². The molecular weight excluding hydrogens is 496 g/mol. The molecule has 0 aromatic carbocycles. The minimum Gasteiger partial charge on any atom is -0.454 e. The van der Waals surface area contributed by atoms with Crippen LogP contribution >= 0.6 is 0 Å². The number of H-pyrrole nitrogens is 1. The van der Waals surface area contributed by atoms with Gasteiger partial charge in [0.25, 0.3) is 0 Å². The van der Waals surface area contributed by atoms with Crippen LogP contribution in [0.15, 0.2) is 29.5 Å². The van der Waals surface area contributed by atoms with Crippen molar-refractivity contribution in [3.05, 3.63) is 46.3 Å². The van der Waals surface area contributed by atoms with Crippen LogP contribution in [0.5, 0.6) is 0 Å². The first-order chi connectivity index (χ1) is 18.4. The monoisotopic (exact) mass is 538 g/mol. The fourth-order valence-corrected chi connectivity index (χ4v) is 9.86. The van der Waals surface area contributed by atoms with Crippen molar-refractivity contribution >= 4 is 5.97 Å². The van der Waals surface area contributed by atoms with E-state index in [4.69, 9.17) is 14.2 Å². The highest BCUT2D eigenvalue weighted by Crippen LogP contribution is 2.74. The van der Waals surface area contributed by atoms with E-state index in [1.54, 1.807) is 0 Å². The average Bonchev–Trinajstić information content (AvgIpc) is 3.31. The van der Waals surface area contributed by atoms with Gasteiger partial charge in [0, 0.05) is 48.7 Å². The number of allylic oxidation sites excluding steroid dienone is 1. The zero-order valence-corrected chi connectivity index (χ0v) is 23.8. The lowest BCUT2D eigenvalue weighted by Crippen LogP contribution is -2.79. The molecule has 5 fully saturated rings. The third kappa shape index (κ3) is 3.05. The third-order valence-electron chi connectivity index (χ3n) is 11.7. The normalized spacial score (nSPS) is 45.4. The summed E-state index contributed by atoms with van der Waals surface area (Å²) >= 11 is 0. The molecule has 212 valence electrons. The molecule has 8 atom stereocenters. The van der Waals surface area contributed by atoms with Gasteiger partial charge in [0.1, 0.15) is 17.3 Å². The summed E-state index contributed by atoms with van der Waals surface area (Å²) in [6.07, 6.45) is 8.89. The van der Waals surface area contributed by atoms with Crippen LogP contribution in [0, 0.1) is 30.6 Å². The fraction of sp³-hybridized carbons (Fsp3) is 0.710. The summed E-state index contributed by atoms with van der Waals surface area (Å²) in [5.41, 5.74) is 1.65. The molecule has 39 heavy (non-hydrogen) atoms. The molecule has 8 heteroatoms. The SMILES string of the molecule is Cc1c[nH]c(C)c1C(=O)O[C@@H](C)C1=CCC23OCCN(C)C[C@@]12C[C@@H](O)[C@]12O[C@]4(O)CC[C@@]1(C)[C@H](CC=C32)C4. The number of carbonyl (C=O) groups excluding carboxylic acids is 1. The number of aromatic amines is 1. The lowest BCUT2D eigenvalue weighted by Gasteiger charge is -2.73. The first kappa shape index (κ1) is 26.0. The number of aliphatic hydroxyl groups is 2. The molecule has 3 saturated heterocycles. The van der Waals surface area contributed by atoms with E-state index < -0.39 is 34.6 Å². The van der Waals surface area contributed by atoms with Crippen LogP contribution in [0.1, 0.15) is 74.0 Å². The van der Waals surface area contributed by atoms with Crippen molar-refractivity contribution in [1.29, 1.82) is 0 Å². The number of aromatic nitrogens is 1. The number of rotatable bonds is 3. The number of hydrogen-bond donors (Lipinski definition) is 3. The largest absolute Gasteiger partial charge is 0.454 e. The van der Waals surface area contributed by atoms with Crippen LogP contribution in [0.25, 0.3) is 0 Å². The van der Waals surface area contributed by atoms with E-state index in [2.05, 4.69) is 36.0 Å². The maximum absolute atomic E-state index is 13.3. The molecule has 3 N–H and O–H groups in total. The Balaban J connectivity index is 1.33. The quantitative estimate of drug-likeness (QED) is 0.399. The molecule has 4 heterocycles. The van der Waals surface area contributed by atoms with Gasteiger partial charge in [-0.2, -0.15) is 0 Å². The Kier molecular flexibility index (Phi) is 5.37. The third-order valence-corrected chi connectivity index (χ3v) is 11.7. The van der Waals surface area contributed by atoms with Crippen molar-refractivity contribution in [2.45, 2.75) is 95.4 Å². The van der Waals surface area contributed by atoms with Crippen LogP contribution in [0.2, 0.25) is 0 Å². The second-order valence-electron chi connectivity index (χ2n) is 13.6. The molecule has 8 rings (SSSR count). The molecule has 0 radical (unpaired) electrons. The molecule has 4 bridgehead atoms. The molecule has 1 aromatic heterocycles. The lowest BCUT2D eigenvalue weighted by molar-refractivity contribution is -0.401. The lowest BCUT2D eigenvalue weighted by atomic mass is 9.41. The van der Waals surface area contributed by atoms with Crippen molar-refractivity contribution < 1.29 is 29.2 Å². The van der Waals surface area contributed by atoms with E-state index in [1.807, 2.05) is 27.0 Å². The Morgan fingerprint density at radius 3 is 2.79 bits per heavy atom. The topological polar surface area (TPSA) is 104 Å². The van der Waals surface area contributed by atoms with E-state index in [9.17, 15) is 15.0 Å². The summed E-state index contributed by atoms with van der Waals surface area (Å²) in [5, 5.41) is 23.8. The van der Waals surface area contributed by atoms with Crippen LogP contribution in [0.4, 0.5) is 0 Å². The first-order valence-corrected chi connectivity index (χ1v) is 14.6. The minimum atomic E-state index is -1.22. The van der Waals surface area contributed by atoms with Gasteiger partial charge < -0.3 is 34.3 Å². The molecule has 4 aliphatic carbocycles. The fourth-order valence-electron chi connectivity index (χ4n) is 9.86. The Morgan fingerprint density at radius 1 is 1.26 bits per heavy atom. The van der Waals surface area contributed by atoms with Crippen molar-refractivity contribution in [2.24, 2.45) is 16.7 Å². The standard InChI is InChI=1S/C31H42N2O6/c1-18-16-32-19(2)25(18)26(35)38-20(3)22-8-9-30-23-7-6-21-14-29(36)11-10-27(21,4)31(23,39-29)24(34)15-28(22,30)17-33(5)12-13-37-30/h7-8,16,20-21,24,32,34,36H,6,9-15,17H2,1-5H3/t20-,21+,24+,27-,28-,29+,30?,31-/m0/s1. The summed E-state index contributed by atoms with van der Waals surface area (Å²) in [4.78, 5) is 18.7. The Labute approximate surface area is 230 Å². The first-order valence-electron chi connectivity index (χ1n) is 14.6. The van der Waals surface area contributed by atoms with Gasteiger partial charge in [-0.05, 0) is 76.1 Å². The van der Waals surface area contributed by atoms with Crippen molar-refractivity contribution in [3.63, 3.8) is 0 Å². The summed E-state index contributed by atoms with van der Waals surface area (Å²) in [6, 6.07) is 0. The predicted octanol–water partition coefficient (Wildman–Crippen LogP) is 3.55. The molecule has 0 amide bonds. The molecule has 1 aromatic rings. The van der Waals surface area contributed by atoms with E-state index in [0.29, 0.717) is 44.4 Å². The number of ether oxygens (including phenoxy) is 3. The Bertz CT molecular complexity index is 1280. The summed E-state index contributed by atoms with van der Waals surface area (Å²) in [6.45, 7) is 10.0. The van der Waals surface area contributed by atoms with E-state index >= 15 is 0 Å². The number of likely N-dealkylation sites (N-methyl/N-ethyl adjacent to an activating group) is 1. The average molecular weight is 539 g/mol. The van der Waals surface area contributed by atoms with Gasteiger partial charge in [0.05, 0.1) is 18.3 Å². The molecule has 7 aliphatic rings. The maximum Gasteiger partial charge on any atom is 0.340 e. The molecule has 1 spiro atoms.